The SMILES string of the molecule is COc1ccc2cc(C(C)C(=O)N3CCNCC3c3nccn3C)ccc2c1. The molecule has 4 rings (SSSR count). The lowest BCUT2D eigenvalue weighted by Gasteiger charge is -2.37. The predicted molar refractivity (Wildman–Crippen MR) is 109 cm³/mol. The number of carbonyl (C=O) groups is 1. The van der Waals surface area contributed by atoms with Gasteiger partial charge in [-0.25, -0.2) is 4.98 Å². The minimum absolute atomic E-state index is 0.0478. The summed E-state index contributed by atoms with van der Waals surface area (Å²) in [7, 11) is 3.64. The highest BCUT2D eigenvalue weighted by molar-refractivity contribution is 5.88. The van der Waals surface area contributed by atoms with Crippen LogP contribution < -0.4 is 10.1 Å². The number of amides is 1. The van der Waals surface area contributed by atoms with Gasteiger partial charge in [0.1, 0.15) is 17.6 Å². The van der Waals surface area contributed by atoms with Crippen LogP contribution in [0.3, 0.4) is 0 Å². The lowest BCUT2D eigenvalue weighted by atomic mass is 9.95. The zero-order valence-corrected chi connectivity index (χ0v) is 16.6. The Morgan fingerprint density at radius 3 is 2.79 bits per heavy atom. The number of ether oxygens (including phenoxy) is 1. The number of aryl methyl sites for hydroxylation is 1. The number of hydrogen-bond acceptors (Lipinski definition) is 4. The Hall–Kier alpha value is -2.86. The van der Waals surface area contributed by atoms with E-state index in [1.165, 1.54) is 0 Å². The van der Waals surface area contributed by atoms with E-state index < -0.39 is 0 Å². The summed E-state index contributed by atoms with van der Waals surface area (Å²) in [5.41, 5.74) is 1.03. The van der Waals surface area contributed by atoms with Crippen molar-refractivity contribution in [3.8, 4) is 5.75 Å². The molecule has 6 heteroatoms. The zero-order valence-electron chi connectivity index (χ0n) is 16.6. The van der Waals surface area contributed by atoms with Gasteiger partial charge in [0, 0.05) is 39.1 Å². The number of carbonyl (C=O) groups excluding carboxylic acids is 1. The lowest BCUT2D eigenvalue weighted by molar-refractivity contribution is -0.136. The van der Waals surface area contributed by atoms with Crippen LogP contribution in [0.2, 0.25) is 0 Å². The minimum Gasteiger partial charge on any atom is -0.497 e. The normalized spacial score (nSPS) is 18.2. The smallest absolute Gasteiger partial charge is 0.230 e. The van der Waals surface area contributed by atoms with E-state index in [4.69, 9.17) is 4.74 Å². The molecule has 1 aliphatic rings. The number of rotatable bonds is 4. The van der Waals surface area contributed by atoms with Crippen molar-refractivity contribution in [2.45, 2.75) is 18.9 Å². The molecule has 0 saturated carbocycles. The van der Waals surface area contributed by atoms with Crippen LogP contribution in [-0.2, 0) is 11.8 Å². The van der Waals surface area contributed by atoms with Gasteiger partial charge in [0.15, 0.2) is 0 Å². The number of aromatic nitrogens is 2. The maximum Gasteiger partial charge on any atom is 0.230 e. The fourth-order valence-corrected chi connectivity index (χ4v) is 3.93. The predicted octanol–water partition coefficient (Wildman–Crippen LogP) is 2.86. The number of nitrogens with zero attached hydrogens (tertiary/aromatic N) is 3. The molecular weight excluding hydrogens is 352 g/mol. The quantitative estimate of drug-likeness (QED) is 0.758. The Morgan fingerprint density at radius 1 is 1.25 bits per heavy atom. The fraction of sp³-hybridized carbons (Fsp3) is 0.364. The maximum atomic E-state index is 13.4. The van der Waals surface area contributed by atoms with Crippen LogP contribution in [0.1, 0.15) is 30.3 Å². The molecule has 2 aromatic carbocycles. The Kier molecular flexibility index (Phi) is 5.05. The topological polar surface area (TPSA) is 59.4 Å². The van der Waals surface area contributed by atoms with E-state index >= 15 is 0 Å². The van der Waals surface area contributed by atoms with Gasteiger partial charge in [0.25, 0.3) is 0 Å². The van der Waals surface area contributed by atoms with E-state index in [2.05, 4.69) is 22.4 Å². The van der Waals surface area contributed by atoms with Crippen LogP contribution in [0.4, 0.5) is 0 Å². The van der Waals surface area contributed by atoms with E-state index in [-0.39, 0.29) is 17.9 Å². The third kappa shape index (κ3) is 3.36. The number of methoxy groups -OCH3 is 1. The first-order valence-electron chi connectivity index (χ1n) is 9.64. The zero-order chi connectivity index (χ0) is 19.7. The Morgan fingerprint density at radius 2 is 2.04 bits per heavy atom. The van der Waals surface area contributed by atoms with Gasteiger partial charge >= 0.3 is 0 Å². The first kappa shape index (κ1) is 18.5. The van der Waals surface area contributed by atoms with Gasteiger partial charge in [-0.3, -0.25) is 4.79 Å². The fourth-order valence-electron chi connectivity index (χ4n) is 3.93. The summed E-state index contributed by atoms with van der Waals surface area (Å²) in [4.78, 5) is 19.8. The lowest BCUT2D eigenvalue weighted by Crippen LogP contribution is -2.50. The number of piperazine rings is 1. The summed E-state index contributed by atoms with van der Waals surface area (Å²) in [5, 5.41) is 5.61. The standard InChI is InChI=1S/C22H26N4O2/c1-15(16-4-5-18-13-19(28-3)7-6-17(18)12-16)22(27)26-11-8-23-14-20(26)21-24-9-10-25(21)2/h4-7,9-10,12-13,15,20,23H,8,11,14H2,1-3H3. The van der Waals surface area contributed by atoms with E-state index in [0.717, 1.165) is 41.0 Å². The molecule has 1 amide bonds. The molecule has 0 radical (unpaired) electrons. The maximum absolute atomic E-state index is 13.4. The second-order valence-electron chi connectivity index (χ2n) is 7.34. The summed E-state index contributed by atoms with van der Waals surface area (Å²) in [6.07, 6.45) is 3.71. The van der Waals surface area contributed by atoms with E-state index in [1.807, 2.05) is 53.9 Å². The van der Waals surface area contributed by atoms with Crippen molar-refractivity contribution < 1.29 is 9.53 Å². The van der Waals surface area contributed by atoms with Crippen LogP contribution in [0, 0.1) is 0 Å². The average molecular weight is 378 g/mol. The van der Waals surface area contributed by atoms with E-state index in [1.54, 1.807) is 13.3 Å². The van der Waals surface area contributed by atoms with E-state index in [0.29, 0.717) is 6.54 Å². The van der Waals surface area contributed by atoms with Crippen molar-refractivity contribution in [2.75, 3.05) is 26.7 Å². The van der Waals surface area contributed by atoms with Gasteiger partial charge in [-0.1, -0.05) is 24.3 Å². The van der Waals surface area contributed by atoms with Gasteiger partial charge in [-0.05, 0) is 35.4 Å². The molecule has 2 atom stereocenters. The van der Waals surface area contributed by atoms with Gasteiger partial charge in [0.2, 0.25) is 5.91 Å². The molecule has 2 heterocycles. The number of benzene rings is 2. The monoisotopic (exact) mass is 378 g/mol. The van der Waals surface area contributed by atoms with Crippen LogP contribution >= 0.6 is 0 Å². The molecule has 6 nitrogen and oxygen atoms in total. The molecule has 1 aliphatic heterocycles. The molecule has 3 aromatic rings. The number of imidazole rings is 1. The third-order valence-corrected chi connectivity index (χ3v) is 5.62. The van der Waals surface area contributed by atoms with Gasteiger partial charge in [0.05, 0.1) is 13.0 Å². The molecule has 1 saturated heterocycles. The first-order valence-corrected chi connectivity index (χ1v) is 9.64. The minimum atomic E-state index is -0.215. The molecule has 28 heavy (non-hydrogen) atoms. The summed E-state index contributed by atoms with van der Waals surface area (Å²) < 4.78 is 7.29. The highest BCUT2D eigenvalue weighted by Gasteiger charge is 2.33. The summed E-state index contributed by atoms with van der Waals surface area (Å²) >= 11 is 0. The van der Waals surface area contributed by atoms with Crippen LogP contribution in [-0.4, -0.2) is 47.1 Å². The number of hydrogen-bond donors (Lipinski definition) is 1. The van der Waals surface area contributed by atoms with Crippen molar-refractivity contribution in [1.29, 1.82) is 0 Å². The van der Waals surface area contributed by atoms with Crippen LogP contribution in [0.5, 0.6) is 5.75 Å². The number of fused-ring (bicyclic) bond motifs is 1. The molecule has 146 valence electrons. The molecule has 0 bridgehead atoms. The number of nitrogens with one attached hydrogen (secondary N) is 1. The Bertz CT molecular complexity index is 997. The second kappa shape index (κ2) is 7.64. The molecule has 2 unspecified atom stereocenters. The second-order valence-corrected chi connectivity index (χ2v) is 7.34. The highest BCUT2D eigenvalue weighted by Crippen LogP contribution is 2.29. The van der Waals surface area contributed by atoms with Crippen LogP contribution in [0.25, 0.3) is 10.8 Å². The summed E-state index contributed by atoms with van der Waals surface area (Å²) in [6.45, 7) is 4.20. The summed E-state index contributed by atoms with van der Waals surface area (Å²) in [6, 6.07) is 12.2. The van der Waals surface area contributed by atoms with E-state index in [9.17, 15) is 4.79 Å². The van der Waals surface area contributed by atoms with Crippen LogP contribution in [0.15, 0.2) is 48.8 Å². The average Bonchev–Trinajstić information content (AvgIpc) is 3.17. The van der Waals surface area contributed by atoms with Crippen molar-refractivity contribution in [3.63, 3.8) is 0 Å². The first-order chi connectivity index (χ1) is 13.6. The molecular formula is C22H26N4O2. The van der Waals surface area contributed by atoms with Gasteiger partial charge in [-0.2, -0.15) is 0 Å². The molecule has 1 aromatic heterocycles. The largest absolute Gasteiger partial charge is 0.497 e. The van der Waals surface area contributed by atoms with Gasteiger partial charge in [-0.15, -0.1) is 0 Å². The third-order valence-electron chi connectivity index (χ3n) is 5.62. The molecule has 1 fully saturated rings. The molecule has 1 N–H and O–H groups in total. The molecule has 0 aliphatic carbocycles. The van der Waals surface area contributed by atoms with Gasteiger partial charge < -0.3 is 19.5 Å². The molecule has 0 spiro atoms. The highest BCUT2D eigenvalue weighted by atomic mass is 16.5. The van der Waals surface area contributed by atoms with Crippen molar-refractivity contribution in [3.05, 3.63) is 60.2 Å². The van der Waals surface area contributed by atoms with Crippen molar-refractivity contribution in [2.24, 2.45) is 7.05 Å². The van der Waals surface area contributed by atoms with Crippen molar-refractivity contribution >= 4 is 16.7 Å². The summed E-state index contributed by atoms with van der Waals surface area (Å²) in [5.74, 6) is 1.68. The Balaban J connectivity index is 1.61. The Labute approximate surface area is 165 Å². The van der Waals surface area contributed by atoms with Crippen molar-refractivity contribution in [1.82, 2.24) is 19.8 Å².